The highest BCUT2D eigenvalue weighted by Crippen LogP contribution is 2.26. The van der Waals surface area contributed by atoms with Gasteiger partial charge in [-0.05, 0) is 44.9 Å². The molecular formula is C24H50N2O4. The van der Waals surface area contributed by atoms with Crippen molar-refractivity contribution in [1.82, 2.24) is 5.32 Å². The molecule has 0 bridgehead atoms. The summed E-state index contributed by atoms with van der Waals surface area (Å²) in [5.74, 6) is 0.908. The number of ketones is 1. The zero-order valence-electron chi connectivity index (χ0n) is 20.0. The van der Waals surface area contributed by atoms with Gasteiger partial charge in [-0.3, -0.25) is 14.4 Å². The maximum absolute atomic E-state index is 11.5. The third kappa shape index (κ3) is 13.7. The van der Waals surface area contributed by atoms with Crippen LogP contribution in [0.3, 0.4) is 0 Å². The van der Waals surface area contributed by atoms with Gasteiger partial charge < -0.3 is 15.8 Å². The van der Waals surface area contributed by atoms with Gasteiger partial charge in [-0.15, -0.1) is 0 Å². The van der Waals surface area contributed by atoms with Gasteiger partial charge in [0.25, 0.3) is 0 Å². The maximum Gasteiger partial charge on any atom is 0.217 e. The average molecular weight is 431 g/mol. The van der Waals surface area contributed by atoms with Gasteiger partial charge in [0.2, 0.25) is 11.8 Å². The summed E-state index contributed by atoms with van der Waals surface area (Å²) in [6, 6.07) is 0.304. The summed E-state index contributed by atoms with van der Waals surface area (Å²) in [5, 5.41) is 2.93. The minimum absolute atomic E-state index is 0. The normalized spacial score (nSPS) is 21.5. The Kier molecular flexibility index (Phi) is 16.4. The lowest BCUT2D eigenvalue weighted by Gasteiger charge is -2.28. The number of rotatable bonds is 8. The zero-order valence-corrected chi connectivity index (χ0v) is 20.0. The largest absolute Gasteiger partial charge is 0.378 e. The molecule has 30 heavy (non-hydrogen) atoms. The van der Waals surface area contributed by atoms with Crippen LogP contribution in [-0.4, -0.2) is 36.4 Å². The van der Waals surface area contributed by atoms with Crippen molar-refractivity contribution in [2.75, 3.05) is 6.61 Å². The number of nitrogens with one attached hydrogen (secondary N) is 1. The molecule has 0 aromatic heterocycles. The first-order chi connectivity index (χ1) is 14.3. The zero-order chi connectivity index (χ0) is 22.9. The molecule has 0 aliphatic heterocycles. The fourth-order valence-corrected chi connectivity index (χ4v) is 4.02. The van der Waals surface area contributed by atoms with Crippen LogP contribution in [0.25, 0.3) is 0 Å². The van der Waals surface area contributed by atoms with Crippen molar-refractivity contribution < 1.29 is 22.0 Å². The van der Waals surface area contributed by atoms with Crippen LogP contribution in [0.1, 0.15) is 108 Å². The van der Waals surface area contributed by atoms with Crippen molar-refractivity contribution in [2.24, 2.45) is 17.6 Å². The van der Waals surface area contributed by atoms with Crippen molar-refractivity contribution in [2.45, 2.75) is 117 Å². The Bertz CT molecular complexity index is 488. The summed E-state index contributed by atoms with van der Waals surface area (Å²) in [6.45, 7) is 10.2. The van der Waals surface area contributed by atoms with E-state index in [2.05, 4.69) is 5.32 Å². The van der Waals surface area contributed by atoms with E-state index in [4.69, 9.17) is 10.5 Å². The quantitative estimate of drug-likeness (QED) is 0.528. The van der Waals surface area contributed by atoms with Crippen LogP contribution in [-0.2, 0) is 19.1 Å². The number of hydrogen-bond donors (Lipinski definition) is 2. The van der Waals surface area contributed by atoms with E-state index >= 15 is 0 Å². The van der Waals surface area contributed by atoms with Crippen LogP contribution in [0.4, 0.5) is 0 Å². The van der Waals surface area contributed by atoms with Crippen LogP contribution in [0.2, 0.25) is 0 Å². The van der Waals surface area contributed by atoms with Crippen LogP contribution >= 0.6 is 0 Å². The molecule has 0 saturated heterocycles. The molecule has 0 heterocycles. The Hall–Kier alpha value is -1.43. The molecule has 2 amide bonds. The maximum atomic E-state index is 11.5. The molecule has 0 unspecified atom stereocenters. The number of amides is 2. The highest BCUT2D eigenvalue weighted by Gasteiger charge is 2.23. The average Bonchev–Trinajstić information content (AvgIpc) is 2.74. The van der Waals surface area contributed by atoms with Gasteiger partial charge in [0.15, 0.2) is 0 Å². The van der Waals surface area contributed by atoms with Gasteiger partial charge in [-0.25, -0.2) is 0 Å². The number of nitrogens with two attached hydrogens (primary N) is 1. The summed E-state index contributed by atoms with van der Waals surface area (Å²) in [6.07, 6.45) is 11.4. The lowest BCUT2D eigenvalue weighted by molar-refractivity contribution is -0.126. The molecule has 2 aliphatic carbocycles. The third-order valence-electron chi connectivity index (χ3n) is 5.58. The van der Waals surface area contributed by atoms with Gasteiger partial charge >= 0.3 is 0 Å². The second-order valence-electron chi connectivity index (χ2n) is 8.51. The van der Waals surface area contributed by atoms with Gasteiger partial charge in [-0.2, -0.15) is 0 Å². The summed E-state index contributed by atoms with van der Waals surface area (Å²) >= 11 is 0. The summed E-state index contributed by atoms with van der Waals surface area (Å²) in [4.78, 5) is 32.9. The van der Waals surface area contributed by atoms with Gasteiger partial charge in [0.05, 0.1) is 6.10 Å². The van der Waals surface area contributed by atoms with Crippen molar-refractivity contribution in [3.8, 4) is 0 Å². The molecule has 0 radical (unpaired) electrons. The Morgan fingerprint density at radius 3 is 2.03 bits per heavy atom. The highest BCUT2D eigenvalue weighted by atomic mass is 16.5. The summed E-state index contributed by atoms with van der Waals surface area (Å²) in [5.41, 5.74) is 5.04. The molecular weight excluding hydrogens is 380 g/mol. The molecule has 2 rings (SSSR count). The lowest BCUT2D eigenvalue weighted by Crippen LogP contribution is -2.37. The predicted molar refractivity (Wildman–Crippen MR) is 126 cm³/mol. The molecule has 0 aromatic rings. The van der Waals surface area contributed by atoms with E-state index < -0.39 is 0 Å². The molecule has 2 saturated carbocycles. The fraction of sp³-hybridized carbons (Fsp3) is 0.875. The Balaban J connectivity index is -0.000000490. The molecule has 2 fully saturated rings. The molecule has 0 atom stereocenters. The van der Waals surface area contributed by atoms with Crippen LogP contribution in [0.5, 0.6) is 0 Å². The van der Waals surface area contributed by atoms with Crippen LogP contribution < -0.4 is 11.1 Å². The van der Waals surface area contributed by atoms with E-state index in [0.717, 1.165) is 38.5 Å². The monoisotopic (exact) mass is 430 g/mol. The first-order valence-corrected chi connectivity index (χ1v) is 12.0. The highest BCUT2D eigenvalue weighted by molar-refractivity contribution is 5.82. The second-order valence-corrected chi connectivity index (χ2v) is 8.51. The molecule has 180 valence electrons. The fourth-order valence-electron chi connectivity index (χ4n) is 4.02. The van der Waals surface area contributed by atoms with E-state index in [1.54, 1.807) is 6.92 Å². The van der Waals surface area contributed by atoms with Crippen molar-refractivity contribution in [3.63, 3.8) is 0 Å². The van der Waals surface area contributed by atoms with E-state index in [-0.39, 0.29) is 26.7 Å². The molecule has 3 N–H and O–H groups in total. The van der Waals surface area contributed by atoms with E-state index in [0.29, 0.717) is 37.2 Å². The van der Waals surface area contributed by atoms with E-state index in [1.807, 2.05) is 27.7 Å². The second kappa shape index (κ2) is 17.3. The van der Waals surface area contributed by atoms with Crippen molar-refractivity contribution >= 4 is 17.6 Å². The minimum Gasteiger partial charge on any atom is -0.378 e. The smallest absolute Gasteiger partial charge is 0.217 e. The minimum atomic E-state index is -0.275. The predicted octanol–water partition coefficient (Wildman–Crippen LogP) is 5.03. The number of carbonyl (C=O) groups is 3. The number of ether oxygens (including phenoxy) is 1. The first kappa shape index (κ1) is 28.6. The molecule has 6 heteroatoms. The Morgan fingerprint density at radius 1 is 1.00 bits per heavy atom. The van der Waals surface area contributed by atoms with Crippen LogP contribution in [0, 0.1) is 11.8 Å². The Labute approximate surface area is 187 Å². The molecule has 6 nitrogen and oxygen atoms in total. The molecule has 2 aliphatic rings. The van der Waals surface area contributed by atoms with Gasteiger partial charge in [0.1, 0.15) is 5.78 Å². The topological polar surface area (TPSA) is 98.5 Å². The van der Waals surface area contributed by atoms with Crippen molar-refractivity contribution in [1.29, 1.82) is 0 Å². The lowest BCUT2D eigenvalue weighted by atomic mass is 9.83. The van der Waals surface area contributed by atoms with Crippen LogP contribution in [0.15, 0.2) is 0 Å². The third-order valence-corrected chi connectivity index (χ3v) is 5.58. The molecule has 0 spiro atoms. The van der Waals surface area contributed by atoms with E-state index in [1.165, 1.54) is 19.3 Å². The SMILES string of the molecule is CC.CC(=O)NC1CCC(OCCCC(N)=O)CC1.CC(C)C(=O)C1CCCCC1.[HH].[HH]. The van der Waals surface area contributed by atoms with E-state index in [9.17, 15) is 14.4 Å². The first-order valence-electron chi connectivity index (χ1n) is 12.0. The summed E-state index contributed by atoms with van der Waals surface area (Å²) in [7, 11) is 0. The Morgan fingerprint density at radius 2 is 1.57 bits per heavy atom. The standard InChI is InChI=1S/C12H22N2O3.C10H18O.C2H6.2H2/c1-9(15)14-10-4-6-11(7-5-10)17-8-2-3-12(13)16;1-8(2)10(11)9-6-4-3-5-7-9;1-2;;/h10-11H,2-8H2,1H3,(H2,13,16)(H,14,15);8-9H,3-7H2,1-2H3;1-2H3;2*1H. The van der Waals surface area contributed by atoms with Crippen molar-refractivity contribution in [3.05, 3.63) is 0 Å². The van der Waals surface area contributed by atoms with Gasteiger partial charge in [-0.1, -0.05) is 47.0 Å². The number of carbonyl (C=O) groups excluding carboxylic acids is 3. The molecule has 0 aromatic carbocycles. The van der Waals surface area contributed by atoms with Gasteiger partial charge in [0, 0.05) is 40.7 Å². The number of Topliss-reactive ketones (excluding diaryl/α,β-unsaturated/α-hetero) is 1. The number of hydrogen-bond acceptors (Lipinski definition) is 4. The summed E-state index contributed by atoms with van der Waals surface area (Å²) < 4.78 is 5.67. The number of primary amides is 1.